The molecule has 1 aromatic carbocycles. The third kappa shape index (κ3) is 3.83. The summed E-state index contributed by atoms with van der Waals surface area (Å²) in [5.41, 5.74) is 1.96. The number of nitrogens with zero attached hydrogens (tertiary/aromatic N) is 3. The summed E-state index contributed by atoms with van der Waals surface area (Å²) in [5.74, 6) is 1.82. The van der Waals surface area contributed by atoms with E-state index in [2.05, 4.69) is 4.98 Å². The van der Waals surface area contributed by atoms with Gasteiger partial charge >= 0.3 is 0 Å². The second-order valence-corrected chi connectivity index (χ2v) is 8.47. The molecule has 0 saturated carbocycles. The van der Waals surface area contributed by atoms with Crippen molar-refractivity contribution in [1.82, 2.24) is 19.8 Å². The number of benzene rings is 1. The molecule has 2 amide bonds. The lowest BCUT2D eigenvalue weighted by atomic mass is 10.1. The minimum Gasteiger partial charge on any atom is -0.486 e. The van der Waals surface area contributed by atoms with Crippen molar-refractivity contribution in [1.29, 1.82) is 0 Å². The molecular weight excluding hydrogens is 412 g/mol. The van der Waals surface area contributed by atoms with E-state index >= 15 is 0 Å². The summed E-state index contributed by atoms with van der Waals surface area (Å²) in [6.45, 7) is 4.02. The van der Waals surface area contributed by atoms with E-state index in [1.807, 2.05) is 18.2 Å². The normalized spacial score (nSPS) is 19.6. The minimum absolute atomic E-state index is 0.0186. The van der Waals surface area contributed by atoms with Crippen LogP contribution in [0.4, 0.5) is 0 Å². The fourth-order valence-corrected chi connectivity index (χ4v) is 4.71. The zero-order valence-corrected chi connectivity index (χ0v) is 18.1. The molecule has 1 fully saturated rings. The molecule has 0 spiro atoms. The first-order chi connectivity index (χ1) is 15.5. The van der Waals surface area contributed by atoms with E-state index in [9.17, 15) is 14.4 Å². The Bertz CT molecular complexity index is 1130. The number of carbonyl (C=O) groups is 2. The molecule has 9 nitrogen and oxygen atoms in total. The van der Waals surface area contributed by atoms with Gasteiger partial charge in [-0.25, -0.2) is 4.98 Å². The number of likely N-dealkylation sites (tertiary alicyclic amines) is 1. The number of H-pyrrole nitrogens is 1. The van der Waals surface area contributed by atoms with Crippen molar-refractivity contribution in [3.8, 4) is 11.5 Å². The zero-order chi connectivity index (χ0) is 22.2. The molecule has 9 heteroatoms. The Morgan fingerprint density at radius 2 is 2.00 bits per heavy atom. The maximum Gasteiger partial charge on any atom is 0.254 e. The summed E-state index contributed by atoms with van der Waals surface area (Å²) in [4.78, 5) is 48.7. The van der Waals surface area contributed by atoms with Gasteiger partial charge in [-0.15, -0.1) is 0 Å². The second-order valence-electron chi connectivity index (χ2n) is 8.47. The number of hydrogen-bond donors (Lipinski definition) is 1. The Balaban J connectivity index is 1.36. The van der Waals surface area contributed by atoms with E-state index in [0.29, 0.717) is 67.8 Å². The molecule has 0 aliphatic carbocycles. The van der Waals surface area contributed by atoms with E-state index in [4.69, 9.17) is 14.5 Å². The summed E-state index contributed by atoms with van der Waals surface area (Å²) in [7, 11) is 0. The Morgan fingerprint density at radius 3 is 2.81 bits per heavy atom. The topological polar surface area (TPSA) is 105 Å². The molecule has 5 rings (SSSR count). The second kappa shape index (κ2) is 8.29. The lowest BCUT2D eigenvalue weighted by Gasteiger charge is -2.29. The highest BCUT2D eigenvalue weighted by molar-refractivity contribution is 5.79. The molecule has 4 heterocycles. The fraction of sp³-hybridized carbons (Fsp3) is 0.478. The van der Waals surface area contributed by atoms with Gasteiger partial charge in [-0.2, -0.15) is 0 Å². The van der Waals surface area contributed by atoms with E-state index < -0.39 is 0 Å². The van der Waals surface area contributed by atoms with Crippen LogP contribution in [-0.4, -0.2) is 57.9 Å². The number of hydrogen-bond acceptors (Lipinski definition) is 6. The van der Waals surface area contributed by atoms with E-state index in [1.165, 1.54) is 6.92 Å². The zero-order valence-electron chi connectivity index (χ0n) is 18.1. The molecule has 1 aromatic heterocycles. The van der Waals surface area contributed by atoms with Crippen molar-refractivity contribution >= 4 is 11.8 Å². The molecule has 32 heavy (non-hydrogen) atoms. The monoisotopic (exact) mass is 438 g/mol. The first-order valence-electron chi connectivity index (χ1n) is 11.0. The molecular formula is C23H26N4O5. The molecule has 1 saturated heterocycles. The average molecular weight is 438 g/mol. The highest BCUT2D eigenvalue weighted by atomic mass is 16.6. The summed E-state index contributed by atoms with van der Waals surface area (Å²) >= 11 is 0. The Labute approximate surface area is 185 Å². The van der Waals surface area contributed by atoms with Crippen molar-refractivity contribution in [2.75, 3.05) is 26.3 Å². The third-order valence-electron chi connectivity index (χ3n) is 6.39. The SMILES string of the molecule is CC(=O)N1CCc2c(nc([C@H]3CCCN3C(=O)Cc3ccc4c(c3)OCCO4)[nH]c2=O)C1. The van der Waals surface area contributed by atoms with Crippen LogP contribution in [0.15, 0.2) is 23.0 Å². The highest BCUT2D eigenvalue weighted by Gasteiger charge is 2.33. The summed E-state index contributed by atoms with van der Waals surface area (Å²) < 4.78 is 11.2. The molecule has 0 unspecified atom stereocenters. The Hall–Kier alpha value is -3.36. The fourth-order valence-electron chi connectivity index (χ4n) is 4.71. The molecule has 1 atom stereocenters. The summed E-state index contributed by atoms with van der Waals surface area (Å²) in [6.07, 6.45) is 2.32. The summed E-state index contributed by atoms with van der Waals surface area (Å²) in [6, 6.07) is 5.30. The number of amides is 2. The van der Waals surface area contributed by atoms with Gasteiger partial charge in [0.1, 0.15) is 19.0 Å². The highest BCUT2D eigenvalue weighted by Crippen LogP contribution is 2.33. The molecule has 0 bridgehead atoms. The average Bonchev–Trinajstić information content (AvgIpc) is 3.29. The number of carbonyl (C=O) groups excluding carboxylic acids is 2. The van der Waals surface area contributed by atoms with E-state index in [1.54, 1.807) is 9.80 Å². The van der Waals surface area contributed by atoms with Crippen LogP contribution in [0.1, 0.15) is 48.5 Å². The van der Waals surface area contributed by atoms with Gasteiger partial charge < -0.3 is 24.3 Å². The Kier molecular flexibility index (Phi) is 5.32. The van der Waals surface area contributed by atoms with Crippen molar-refractivity contribution in [2.24, 2.45) is 0 Å². The van der Waals surface area contributed by atoms with Crippen LogP contribution in [0, 0.1) is 0 Å². The van der Waals surface area contributed by atoms with E-state index in [0.717, 1.165) is 18.4 Å². The van der Waals surface area contributed by atoms with Gasteiger partial charge in [-0.1, -0.05) is 6.07 Å². The molecule has 2 aromatic rings. The predicted molar refractivity (Wildman–Crippen MR) is 114 cm³/mol. The van der Waals surface area contributed by atoms with Gasteiger partial charge in [0.15, 0.2) is 11.5 Å². The van der Waals surface area contributed by atoms with Crippen molar-refractivity contribution < 1.29 is 19.1 Å². The Morgan fingerprint density at radius 1 is 1.19 bits per heavy atom. The maximum absolute atomic E-state index is 13.2. The predicted octanol–water partition coefficient (Wildman–Crippen LogP) is 1.35. The first kappa shape index (κ1) is 20.5. The van der Waals surface area contributed by atoms with Crippen LogP contribution in [-0.2, 0) is 29.0 Å². The van der Waals surface area contributed by atoms with Gasteiger partial charge in [0.05, 0.1) is 24.7 Å². The number of fused-ring (bicyclic) bond motifs is 2. The van der Waals surface area contributed by atoms with Gasteiger partial charge in [-0.3, -0.25) is 14.4 Å². The molecule has 1 N–H and O–H groups in total. The van der Waals surface area contributed by atoms with Crippen LogP contribution >= 0.6 is 0 Å². The quantitative estimate of drug-likeness (QED) is 0.776. The molecule has 3 aliphatic heterocycles. The largest absolute Gasteiger partial charge is 0.486 e. The van der Waals surface area contributed by atoms with Gasteiger partial charge in [0, 0.05) is 25.6 Å². The van der Waals surface area contributed by atoms with Crippen LogP contribution in [0.2, 0.25) is 0 Å². The lowest BCUT2D eigenvalue weighted by molar-refractivity contribution is -0.131. The molecule has 3 aliphatic rings. The lowest BCUT2D eigenvalue weighted by Crippen LogP contribution is -2.39. The maximum atomic E-state index is 13.2. The minimum atomic E-state index is -0.273. The number of aromatic nitrogens is 2. The van der Waals surface area contributed by atoms with Crippen molar-refractivity contribution in [2.45, 2.75) is 45.2 Å². The molecule has 0 radical (unpaired) electrons. The smallest absolute Gasteiger partial charge is 0.254 e. The third-order valence-corrected chi connectivity index (χ3v) is 6.39. The van der Waals surface area contributed by atoms with Gasteiger partial charge in [-0.05, 0) is 37.0 Å². The molecule has 168 valence electrons. The number of ether oxygens (including phenoxy) is 2. The van der Waals surface area contributed by atoms with E-state index in [-0.39, 0.29) is 29.8 Å². The van der Waals surface area contributed by atoms with Crippen LogP contribution < -0.4 is 15.0 Å². The number of rotatable bonds is 3. The van der Waals surface area contributed by atoms with Gasteiger partial charge in [0.2, 0.25) is 11.8 Å². The number of aromatic amines is 1. The van der Waals surface area contributed by atoms with Crippen molar-refractivity contribution in [3.05, 3.63) is 51.2 Å². The van der Waals surface area contributed by atoms with Gasteiger partial charge in [0.25, 0.3) is 5.56 Å². The van der Waals surface area contributed by atoms with Crippen molar-refractivity contribution in [3.63, 3.8) is 0 Å². The standard InChI is InChI=1S/C23H26N4O5/c1-14(28)26-8-6-16-17(13-26)24-22(25-23(16)30)18-3-2-7-27(18)21(29)12-15-4-5-19-20(11-15)32-10-9-31-19/h4-5,11,18H,2-3,6-10,12-13H2,1H3,(H,24,25,30)/t18-/m1/s1. The number of nitrogens with one attached hydrogen (secondary N) is 1. The van der Waals surface area contributed by atoms with Crippen LogP contribution in [0.5, 0.6) is 11.5 Å². The summed E-state index contributed by atoms with van der Waals surface area (Å²) in [5, 5.41) is 0. The van der Waals surface area contributed by atoms with Crippen LogP contribution in [0.3, 0.4) is 0 Å². The van der Waals surface area contributed by atoms with Crippen LogP contribution in [0.25, 0.3) is 0 Å². The first-order valence-corrected chi connectivity index (χ1v) is 11.0.